The normalized spacial score (nSPS) is 24.9. The molecule has 0 saturated carbocycles. The second-order valence-electron chi connectivity index (χ2n) is 5.01. The van der Waals surface area contributed by atoms with Crippen LogP contribution in [0.1, 0.15) is 16.8 Å². The van der Waals surface area contributed by atoms with Crippen LogP contribution in [0.5, 0.6) is 5.75 Å². The summed E-state index contributed by atoms with van der Waals surface area (Å²) in [6.07, 6.45) is 0.397. The molecule has 2 heterocycles. The SMILES string of the molecule is O=C1NC(=O)C2(CCN(C(=O)c3ccc(O)cc3)C2)N1. The molecule has 0 aromatic heterocycles. The van der Waals surface area contributed by atoms with Crippen molar-refractivity contribution < 1.29 is 19.5 Å². The average molecular weight is 275 g/mol. The summed E-state index contributed by atoms with van der Waals surface area (Å²) in [4.78, 5) is 36.8. The van der Waals surface area contributed by atoms with Gasteiger partial charge in [0.2, 0.25) is 0 Å². The first kappa shape index (κ1) is 12.5. The minimum absolute atomic E-state index is 0.0851. The Kier molecular flexibility index (Phi) is 2.63. The second kappa shape index (κ2) is 4.22. The second-order valence-corrected chi connectivity index (χ2v) is 5.01. The number of carbonyl (C=O) groups is 3. The highest BCUT2D eigenvalue weighted by atomic mass is 16.3. The number of urea groups is 1. The molecular formula is C13H13N3O4. The van der Waals surface area contributed by atoms with Crippen molar-refractivity contribution >= 4 is 17.8 Å². The molecule has 7 nitrogen and oxygen atoms in total. The third-order valence-corrected chi connectivity index (χ3v) is 3.69. The molecule has 2 aliphatic heterocycles. The maximum Gasteiger partial charge on any atom is 0.322 e. The van der Waals surface area contributed by atoms with Gasteiger partial charge in [0.15, 0.2) is 0 Å². The average Bonchev–Trinajstić information content (AvgIpc) is 2.95. The number of hydrogen-bond acceptors (Lipinski definition) is 4. The van der Waals surface area contributed by atoms with Gasteiger partial charge in [0.25, 0.3) is 11.8 Å². The number of nitrogens with one attached hydrogen (secondary N) is 2. The molecule has 0 bridgehead atoms. The van der Waals surface area contributed by atoms with Crippen molar-refractivity contribution in [3.05, 3.63) is 29.8 Å². The standard InChI is InChI=1S/C13H13N3O4/c17-9-3-1-8(2-4-9)10(18)16-6-5-13(7-16)11(19)14-12(20)15-13/h1-4,17H,5-7H2,(H2,14,15,19,20). The molecule has 20 heavy (non-hydrogen) atoms. The van der Waals surface area contributed by atoms with Gasteiger partial charge in [-0.15, -0.1) is 0 Å². The van der Waals surface area contributed by atoms with Crippen molar-refractivity contribution in [2.45, 2.75) is 12.0 Å². The monoisotopic (exact) mass is 275 g/mol. The molecular weight excluding hydrogens is 262 g/mol. The first-order valence-electron chi connectivity index (χ1n) is 6.22. The van der Waals surface area contributed by atoms with E-state index in [-0.39, 0.29) is 24.1 Å². The van der Waals surface area contributed by atoms with E-state index < -0.39 is 11.6 Å². The Morgan fingerprint density at radius 1 is 1.25 bits per heavy atom. The largest absolute Gasteiger partial charge is 0.508 e. The summed E-state index contributed by atoms with van der Waals surface area (Å²) in [6.45, 7) is 0.553. The predicted octanol–water partition coefficient (Wildman–Crippen LogP) is -0.184. The number of amides is 4. The Morgan fingerprint density at radius 2 is 1.95 bits per heavy atom. The Morgan fingerprint density at radius 3 is 2.55 bits per heavy atom. The molecule has 7 heteroatoms. The highest BCUT2D eigenvalue weighted by molar-refractivity contribution is 6.08. The van der Waals surface area contributed by atoms with E-state index in [0.29, 0.717) is 18.5 Å². The maximum atomic E-state index is 12.3. The van der Waals surface area contributed by atoms with E-state index in [1.165, 1.54) is 29.2 Å². The van der Waals surface area contributed by atoms with Crippen molar-refractivity contribution in [3.63, 3.8) is 0 Å². The number of aromatic hydroxyl groups is 1. The summed E-state index contributed by atoms with van der Waals surface area (Å²) in [5.74, 6) is -0.527. The van der Waals surface area contributed by atoms with Crippen LogP contribution in [0.25, 0.3) is 0 Å². The van der Waals surface area contributed by atoms with Gasteiger partial charge in [-0.3, -0.25) is 14.9 Å². The summed E-state index contributed by atoms with van der Waals surface area (Å²) in [7, 11) is 0. The van der Waals surface area contributed by atoms with Crippen molar-refractivity contribution in [1.29, 1.82) is 0 Å². The molecule has 1 spiro atoms. The lowest BCUT2D eigenvalue weighted by Crippen LogP contribution is -2.49. The van der Waals surface area contributed by atoms with Gasteiger partial charge in [0, 0.05) is 12.1 Å². The van der Waals surface area contributed by atoms with Gasteiger partial charge in [0.1, 0.15) is 11.3 Å². The van der Waals surface area contributed by atoms with Crippen LogP contribution < -0.4 is 10.6 Å². The summed E-state index contributed by atoms with van der Waals surface area (Å²) in [5, 5.41) is 14.0. The van der Waals surface area contributed by atoms with Crippen LogP contribution >= 0.6 is 0 Å². The number of nitrogens with zero attached hydrogens (tertiary/aromatic N) is 1. The molecule has 0 radical (unpaired) electrons. The zero-order valence-electron chi connectivity index (χ0n) is 10.5. The molecule has 1 atom stereocenters. The third-order valence-electron chi connectivity index (χ3n) is 3.69. The van der Waals surface area contributed by atoms with Crippen LogP contribution in [0.15, 0.2) is 24.3 Å². The van der Waals surface area contributed by atoms with Crippen molar-refractivity contribution in [3.8, 4) is 5.75 Å². The molecule has 2 saturated heterocycles. The van der Waals surface area contributed by atoms with Gasteiger partial charge in [-0.05, 0) is 30.7 Å². The first-order chi connectivity index (χ1) is 9.50. The van der Waals surface area contributed by atoms with Crippen molar-refractivity contribution in [2.75, 3.05) is 13.1 Å². The number of benzene rings is 1. The van der Waals surface area contributed by atoms with E-state index >= 15 is 0 Å². The van der Waals surface area contributed by atoms with Gasteiger partial charge < -0.3 is 15.3 Å². The van der Waals surface area contributed by atoms with Crippen molar-refractivity contribution in [2.24, 2.45) is 0 Å². The number of phenols is 1. The van der Waals surface area contributed by atoms with Crippen LogP contribution in [0.2, 0.25) is 0 Å². The Hall–Kier alpha value is -2.57. The fraction of sp³-hybridized carbons (Fsp3) is 0.308. The minimum atomic E-state index is -0.996. The molecule has 1 aromatic rings. The fourth-order valence-corrected chi connectivity index (χ4v) is 2.59. The van der Waals surface area contributed by atoms with E-state index in [9.17, 15) is 19.5 Å². The fourth-order valence-electron chi connectivity index (χ4n) is 2.59. The number of hydrogen-bond donors (Lipinski definition) is 3. The van der Waals surface area contributed by atoms with E-state index in [0.717, 1.165) is 0 Å². The van der Waals surface area contributed by atoms with Gasteiger partial charge in [-0.25, -0.2) is 4.79 Å². The summed E-state index contributed by atoms with van der Waals surface area (Å²) in [5.41, 5.74) is -0.562. The Bertz CT molecular complexity index is 598. The Balaban J connectivity index is 1.77. The van der Waals surface area contributed by atoms with Crippen LogP contribution in [-0.2, 0) is 4.79 Å². The lowest BCUT2D eigenvalue weighted by Gasteiger charge is -2.21. The van der Waals surface area contributed by atoms with E-state index in [1.54, 1.807) is 0 Å². The Labute approximate surface area is 114 Å². The quantitative estimate of drug-likeness (QED) is 0.619. The lowest BCUT2D eigenvalue weighted by atomic mass is 9.99. The van der Waals surface area contributed by atoms with Gasteiger partial charge >= 0.3 is 6.03 Å². The van der Waals surface area contributed by atoms with Gasteiger partial charge in [-0.1, -0.05) is 0 Å². The van der Waals surface area contributed by atoms with Gasteiger partial charge in [-0.2, -0.15) is 0 Å². The van der Waals surface area contributed by atoms with E-state index in [4.69, 9.17) is 0 Å². The highest BCUT2D eigenvalue weighted by Gasteiger charge is 2.51. The van der Waals surface area contributed by atoms with E-state index in [2.05, 4.69) is 10.6 Å². The van der Waals surface area contributed by atoms with E-state index in [1.807, 2.05) is 0 Å². The zero-order chi connectivity index (χ0) is 14.3. The smallest absolute Gasteiger partial charge is 0.322 e. The summed E-state index contributed by atoms with van der Waals surface area (Å²) in [6, 6.07) is 5.40. The van der Waals surface area contributed by atoms with Crippen LogP contribution in [-0.4, -0.2) is 46.5 Å². The minimum Gasteiger partial charge on any atom is -0.508 e. The number of phenolic OH excluding ortho intramolecular Hbond substituents is 1. The molecule has 3 N–H and O–H groups in total. The summed E-state index contributed by atoms with van der Waals surface area (Å²) < 4.78 is 0. The predicted molar refractivity (Wildman–Crippen MR) is 68.0 cm³/mol. The highest BCUT2D eigenvalue weighted by Crippen LogP contribution is 2.26. The van der Waals surface area contributed by atoms with Gasteiger partial charge in [0.05, 0.1) is 6.54 Å². The molecule has 104 valence electrons. The van der Waals surface area contributed by atoms with Crippen LogP contribution in [0.4, 0.5) is 4.79 Å². The zero-order valence-corrected chi connectivity index (χ0v) is 10.5. The maximum absolute atomic E-state index is 12.3. The lowest BCUT2D eigenvalue weighted by molar-refractivity contribution is -0.123. The molecule has 2 fully saturated rings. The third kappa shape index (κ3) is 1.87. The number of carbonyl (C=O) groups excluding carboxylic acids is 3. The van der Waals surface area contributed by atoms with Crippen molar-refractivity contribution in [1.82, 2.24) is 15.5 Å². The number of likely N-dealkylation sites (tertiary alicyclic amines) is 1. The number of rotatable bonds is 1. The van der Waals surface area contributed by atoms with Crippen LogP contribution in [0, 0.1) is 0 Å². The molecule has 1 aromatic carbocycles. The number of imide groups is 1. The first-order valence-corrected chi connectivity index (χ1v) is 6.22. The molecule has 0 aliphatic carbocycles. The topological polar surface area (TPSA) is 98.7 Å². The molecule has 4 amide bonds. The van der Waals surface area contributed by atoms with Crippen LogP contribution in [0.3, 0.4) is 0 Å². The summed E-state index contributed by atoms with van der Waals surface area (Å²) >= 11 is 0. The molecule has 3 rings (SSSR count). The molecule has 1 unspecified atom stereocenters. The molecule has 2 aliphatic rings.